The van der Waals surface area contributed by atoms with E-state index in [0.29, 0.717) is 11.5 Å². The number of aliphatic hydroxyl groups is 1. The summed E-state index contributed by atoms with van der Waals surface area (Å²) in [6, 6.07) is 9.49. The van der Waals surface area contributed by atoms with Crippen molar-refractivity contribution in [2.45, 2.75) is 32.4 Å². The number of benzene rings is 1. The SMILES string of the molecule is CC(C)(C)NC(=O)CSC[C@H](O)c1ccccc1. The summed E-state index contributed by atoms with van der Waals surface area (Å²) in [6.07, 6.45) is -0.515. The summed E-state index contributed by atoms with van der Waals surface area (Å²) in [4.78, 5) is 11.6. The van der Waals surface area contributed by atoms with Crippen LogP contribution in [0.1, 0.15) is 32.4 Å². The highest BCUT2D eigenvalue weighted by atomic mass is 32.2. The third-order valence-electron chi connectivity index (χ3n) is 2.21. The average Bonchev–Trinajstić information content (AvgIpc) is 2.27. The van der Waals surface area contributed by atoms with Gasteiger partial charge >= 0.3 is 0 Å². The van der Waals surface area contributed by atoms with Crippen LogP contribution in [0.5, 0.6) is 0 Å². The molecule has 0 aliphatic rings. The zero-order valence-electron chi connectivity index (χ0n) is 11.1. The van der Waals surface area contributed by atoms with Crippen LogP contribution in [0.2, 0.25) is 0 Å². The predicted molar refractivity (Wildman–Crippen MR) is 76.6 cm³/mol. The van der Waals surface area contributed by atoms with Gasteiger partial charge < -0.3 is 10.4 Å². The molecule has 3 nitrogen and oxygen atoms in total. The molecule has 0 aromatic heterocycles. The van der Waals surface area contributed by atoms with E-state index in [4.69, 9.17) is 0 Å². The molecule has 2 N–H and O–H groups in total. The third kappa shape index (κ3) is 6.07. The van der Waals surface area contributed by atoms with E-state index in [-0.39, 0.29) is 11.4 Å². The van der Waals surface area contributed by atoms with Crippen molar-refractivity contribution >= 4 is 17.7 Å². The van der Waals surface area contributed by atoms with Crippen molar-refractivity contribution < 1.29 is 9.90 Å². The molecule has 1 aromatic carbocycles. The Morgan fingerprint density at radius 2 is 1.94 bits per heavy atom. The van der Waals surface area contributed by atoms with Crippen molar-refractivity contribution in [3.8, 4) is 0 Å². The van der Waals surface area contributed by atoms with Crippen molar-refractivity contribution in [1.82, 2.24) is 5.32 Å². The lowest BCUT2D eigenvalue weighted by atomic mass is 10.1. The van der Waals surface area contributed by atoms with Gasteiger partial charge in [0.2, 0.25) is 5.91 Å². The Kier molecular flexibility index (Phi) is 5.69. The van der Waals surface area contributed by atoms with Crippen LogP contribution in [-0.2, 0) is 4.79 Å². The van der Waals surface area contributed by atoms with Gasteiger partial charge in [-0.25, -0.2) is 0 Å². The van der Waals surface area contributed by atoms with E-state index in [1.165, 1.54) is 11.8 Å². The average molecular weight is 267 g/mol. The normalized spacial score (nSPS) is 13.1. The molecule has 0 saturated carbocycles. The minimum Gasteiger partial charge on any atom is -0.388 e. The number of hydrogen-bond acceptors (Lipinski definition) is 3. The molecule has 0 aliphatic carbocycles. The molecule has 4 heteroatoms. The minimum absolute atomic E-state index is 0.00719. The lowest BCUT2D eigenvalue weighted by molar-refractivity contribution is -0.119. The number of carbonyl (C=O) groups is 1. The van der Waals surface area contributed by atoms with Gasteiger partial charge in [0.1, 0.15) is 0 Å². The van der Waals surface area contributed by atoms with Crippen molar-refractivity contribution in [2.24, 2.45) is 0 Å². The van der Waals surface area contributed by atoms with Crippen LogP contribution in [0.4, 0.5) is 0 Å². The number of thioether (sulfide) groups is 1. The molecule has 0 aliphatic heterocycles. The fourth-order valence-electron chi connectivity index (χ4n) is 1.49. The molecule has 1 rings (SSSR count). The highest BCUT2D eigenvalue weighted by Gasteiger charge is 2.14. The number of carbonyl (C=O) groups excluding carboxylic acids is 1. The third-order valence-corrected chi connectivity index (χ3v) is 3.23. The highest BCUT2D eigenvalue weighted by molar-refractivity contribution is 7.99. The van der Waals surface area contributed by atoms with Crippen LogP contribution in [-0.4, -0.2) is 28.1 Å². The molecule has 0 radical (unpaired) electrons. The number of aliphatic hydroxyl groups excluding tert-OH is 1. The Labute approximate surface area is 113 Å². The van der Waals surface area contributed by atoms with Gasteiger partial charge in [-0.1, -0.05) is 30.3 Å². The summed E-state index contributed by atoms with van der Waals surface area (Å²) >= 11 is 1.44. The Morgan fingerprint density at radius 3 is 2.50 bits per heavy atom. The smallest absolute Gasteiger partial charge is 0.230 e. The summed E-state index contributed by atoms with van der Waals surface area (Å²) in [6.45, 7) is 5.86. The lowest BCUT2D eigenvalue weighted by Crippen LogP contribution is -2.41. The highest BCUT2D eigenvalue weighted by Crippen LogP contribution is 2.17. The van der Waals surface area contributed by atoms with Gasteiger partial charge in [0.15, 0.2) is 0 Å². The van der Waals surface area contributed by atoms with E-state index in [0.717, 1.165) is 5.56 Å². The molecule has 1 amide bonds. The van der Waals surface area contributed by atoms with Crippen molar-refractivity contribution in [3.63, 3.8) is 0 Å². The molecular weight excluding hydrogens is 246 g/mol. The van der Waals surface area contributed by atoms with Crippen LogP contribution in [0.15, 0.2) is 30.3 Å². The number of rotatable bonds is 5. The number of nitrogens with one attached hydrogen (secondary N) is 1. The molecule has 0 fully saturated rings. The number of amides is 1. The van der Waals surface area contributed by atoms with E-state index in [9.17, 15) is 9.90 Å². The first-order valence-corrected chi connectivity index (χ1v) is 7.16. The Hall–Kier alpha value is -1.00. The fraction of sp³-hybridized carbons (Fsp3) is 0.500. The summed E-state index contributed by atoms with van der Waals surface area (Å²) in [7, 11) is 0. The molecule has 0 unspecified atom stereocenters. The Bertz CT molecular complexity index is 373. The van der Waals surface area contributed by atoms with Gasteiger partial charge in [-0.3, -0.25) is 4.79 Å². The zero-order chi connectivity index (χ0) is 13.6. The van der Waals surface area contributed by atoms with Gasteiger partial charge in [0.25, 0.3) is 0 Å². The van der Waals surface area contributed by atoms with Gasteiger partial charge in [-0.05, 0) is 26.3 Å². The van der Waals surface area contributed by atoms with Gasteiger partial charge in [-0.15, -0.1) is 11.8 Å². The molecule has 0 heterocycles. The molecular formula is C14H21NO2S. The molecule has 100 valence electrons. The van der Waals surface area contributed by atoms with E-state index >= 15 is 0 Å². The maximum Gasteiger partial charge on any atom is 0.230 e. The van der Waals surface area contributed by atoms with E-state index < -0.39 is 6.10 Å². The van der Waals surface area contributed by atoms with Crippen molar-refractivity contribution in [1.29, 1.82) is 0 Å². The molecule has 0 spiro atoms. The molecule has 0 bridgehead atoms. The monoisotopic (exact) mass is 267 g/mol. The van der Waals surface area contributed by atoms with Crippen LogP contribution >= 0.6 is 11.8 Å². The summed E-state index contributed by atoms with van der Waals surface area (Å²) in [5.74, 6) is 0.913. The van der Waals surface area contributed by atoms with Crippen molar-refractivity contribution in [2.75, 3.05) is 11.5 Å². The van der Waals surface area contributed by atoms with E-state index in [2.05, 4.69) is 5.32 Å². The summed E-state index contributed by atoms with van der Waals surface area (Å²) in [5.41, 5.74) is 0.691. The van der Waals surface area contributed by atoms with E-state index in [1.54, 1.807) is 0 Å². The van der Waals surface area contributed by atoms with E-state index in [1.807, 2.05) is 51.1 Å². The second kappa shape index (κ2) is 6.81. The molecule has 0 saturated heterocycles. The quantitative estimate of drug-likeness (QED) is 0.861. The van der Waals surface area contributed by atoms with Crippen molar-refractivity contribution in [3.05, 3.63) is 35.9 Å². The van der Waals surface area contributed by atoms with Crippen LogP contribution in [0.25, 0.3) is 0 Å². The Morgan fingerprint density at radius 1 is 1.33 bits per heavy atom. The zero-order valence-corrected chi connectivity index (χ0v) is 12.0. The largest absolute Gasteiger partial charge is 0.388 e. The summed E-state index contributed by atoms with van der Waals surface area (Å²) < 4.78 is 0. The maximum atomic E-state index is 11.6. The molecule has 18 heavy (non-hydrogen) atoms. The summed E-state index contributed by atoms with van der Waals surface area (Å²) in [5, 5.41) is 12.8. The van der Waals surface area contributed by atoms with Crippen LogP contribution in [0, 0.1) is 0 Å². The second-order valence-corrected chi connectivity index (χ2v) is 6.27. The van der Waals surface area contributed by atoms with Gasteiger partial charge in [0, 0.05) is 11.3 Å². The van der Waals surface area contributed by atoms with Gasteiger partial charge in [0.05, 0.1) is 11.9 Å². The lowest BCUT2D eigenvalue weighted by Gasteiger charge is -2.20. The molecule has 1 atom stereocenters. The maximum absolute atomic E-state index is 11.6. The molecule has 1 aromatic rings. The first-order valence-electron chi connectivity index (χ1n) is 6.00. The van der Waals surface area contributed by atoms with Crippen LogP contribution < -0.4 is 5.32 Å². The Balaban J connectivity index is 2.28. The predicted octanol–water partition coefficient (Wildman–Crippen LogP) is 2.37. The second-order valence-electron chi connectivity index (χ2n) is 5.24. The standard InChI is InChI=1S/C14H21NO2S/c1-14(2,3)15-13(17)10-18-9-12(16)11-7-5-4-6-8-11/h4-8,12,16H,9-10H2,1-3H3,(H,15,17)/t12-/m0/s1. The number of hydrogen-bond donors (Lipinski definition) is 2. The minimum atomic E-state index is -0.515. The topological polar surface area (TPSA) is 49.3 Å². The first kappa shape index (κ1) is 15.1. The fourth-order valence-corrected chi connectivity index (χ4v) is 2.28. The van der Waals surface area contributed by atoms with Crippen LogP contribution in [0.3, 0.4) is 0 Å². The van der Waals surface area contributed by atoms with Gasteiger partial charge in [-0.2, -0.15) is 0 Å². The first-order chi connectivity index (χ1) is 8.38.